The van der Waals surface area contributed by atoms with Crippen LogP contribution >= 0.6 is 0 Å². The van der Waals surface area contributed by atoms with Crippen molar-refractivity contribution in [3.8, 4) is 0 Å². The van der Waals surface area contributed by atoms with Crippen LogP contribution in [0, 0.1) is 0 Å². The topological polar surface area (TPSA) is 68.5 Å². The third kappa shape index (κ3) is 1.73. The lowest BCUT2D eigenvalue weighted by molar-refractivity contribution is -0.164. The molecule has 1 atom stereocenters. The number of hydrogen-bond acceptors (Lipinski definition) is 4. The fourth-order valence-corrected chi connectivity index (χ4v) is 1.27. The maximum Gasteiger partial charge on any atom is 0.265 e. The summed E-state index contributed by atoms with van der Waals surface area (Å²) in [6, 6.07) is 3.18. The van der Waals surface area contributed by atoms with Crippen LogP contribution in [0.4, 0.5) is 0 Å². The third-order valence-electron chi connectivity index (χ3n) is 2.02. The molecule has 1 aromatic heterocycles. The van der Waals surface area contributed by atoms with Crippen molar-refractivity contribution in [1.82, 2.24) is 10.0 Å². The van der Waals surface area contributed by atoms with Gasteiger partial charge in [0.2, 0.25) is 0 Å². The summed E-state index contributed by atoms with van der Waals surface area (Å²) >= 11 is 0. The van der Waals surface area contributed by atoms with E-state index < -0.39 is 6.04 Å². The summed E-state index contributed by atoms with van der Waals surface area (Å²) < 4.78 is 0. The van der Waals surface area contributed by atoms with Crippen LogP contribution < -0.4 is 5.73 Å². The quantitative estimate of drug-likeness (QED) is 0.699. The summed E-state index contributed by atoms with van der Waals surface area (Å²) in [7, 11) is 0. The number of hydroxylamine groups is 2. The van der Waals surface area contributed by atoms with Gasteiger partial charge in [-0.05, 0) is 11.6 Å². The Kier molecular flexibility index (Phi) is 2.43. The fourth-order valence-electron chi connectivity index (χ4n) is 1.27. The molecule has 1 amide bonds. The maximum absolute atomic E-state index is 11.4. The van der Waals surface area contributed by atoms with Crippen molar-refractivity contribution in [3.05, 3.63) is 30.1 Å². The van der Waals surface area contributed by atoms with Gasteiger partial charge in [0, 0.05) is 12.4 Å². The van der Waals surface area contributed by atoms with E-state index in [0.29, 0.717) is 6.54 Å². The molecular weight excluding hydrogens is 182 g/mol. The minimum atomic E-state index is -0.522. The van der Waals surface area contributed by atoms with E-state index in [0.717, 1.165) is 5.56 Å². The Bertz CT molecular complexity index is 328. The van der Waals surface area contributed by atoms with Gasteiger partial charge in [0.15, 0.2) is 0 Å². The van der Waals surface area contributed by atoms with E-state index in [2.05, 4.69) is 4.98 Å². The molecule has 0 saturated carbocycles. The third-order valence-corrected chi connectivity index (χ3v) is 2.02. The Hall–Kier alpha value is -1.46. The predicted octanol–water partition coefficient (Wildman–Crippen LogP) is -0.317. The highest BCUT2D eigenvalue weighted by Crippen LogP contribution is 2.10. The van der Waals surface area contributed by atoms with Crippen molar-refractivity contribution in [1.29, 1.82) is 0 Å². The molecule has 0 spiro atoms. The van der Waals surface area contributed by atoms with Crippen LogP contribution in [-0.4, -0.2) is 28.6 Å². The van der Waals surface area contributed by atoms with Gasteiger partial charge < -0.3 is 5.73 Å². The van der Waals surface area contributed by atoms with E-state index in [4.69, 9.17) is 10.6 Å². The van der Waals surface area contributed by atoms with Crippen molar-refractivity contribution < 1.29 is 9.63 Å². The Morgan fingerprint density at radius 3 is 3.14 bits per heavy atom. The second-order valence-corrected chi connectivity index (χ2v) is 3.14. The van der Waals surface area contributed by atoms with Crippen LogP contribution in [0.15, 0.2) is 24.5 Å². The number of aromatic nitrogens is 1. The first-order valence-corrected chi connectivity index (χ1v) is 4.36. The summed E-state index contributed by atoms with van der Waals surface area (Å²) in [5.41, 5.74) is 6.42. The molecule has 0 aliphatic carbocycles. The molecule has 0 unspecified atom stereocenters. The zero-order valence-electron chi connectivity index (χ0n) is 7.59. The average molecular weight is 193 g/mol. The summed E-state index contributed by atoms with van der Waals surface area (Å²) in [6.45, 7) is 0.666. The van der Waals surface area contributed by atoms with Crippen molar-refractivity contribution >= 4 is 5.91 Å². The maximum atomic E-state index is 11.4. The molecule has 74 valence electrons. The van der Waals surface area contributed by atoms with E-state index in [1.807, 2.05) is 12.1 Å². The number of nitrogens with zero attached hydrogens (tertiary/aromatic N) is 2. The molecule has 2 N–H and O–H groups in total. The van der Waals surface area contributed by atoms with Gasteiger partial charge in [0.05, 0.1) is 13.2 Å². The van der Waals surface area contributed by atoms with E-state index in [-0.39, 0.29) is 12.5 Å². The largest absolute Gasteiger partial charge is 0.318 e. The molecule has 5 heteroatoms. The highest BCUT2D eigenvalue weighted by atomic mass is 16.7. The van der Waals surface area contributed by atoms with Crippen molar-refractivity contribution in [3.63, 3.8) is 0 Å². The highest BCUT2D eigenvalue weighted by molar-refractivity contribution is 5.82. The van der Waals surface area contributed by atoms with Gasteiger partial charge in [0.1, 0.15) is 6.04 Å². The van der Waals surface area contributed by atoms with Gasteiger partial charge in [-0.25, -0.2) is 5.06 Å². The van der Waals surface area contributed by atoms with Crippen LogP contribution in [0.5, 0.6) is 0 Å². The molecule has 1 aromatic rings. The zero-order chi connectivity index (χ0) is 9.97. The number of carbonyl (C=O) groups is 1. The Morgan fingerprint density at radius 2 is 2.57 bits per heavy atom. The minimum Gasteiger partial charge on any atom is -0.318 e. The molecule has 0 radical (unpaired) electrons. The molecule has 1 aliphatic rings. The summed E-state index contributed by atoms with van der Waals surface area (Å²) in [5.74, 6) is -0.172. The normalized spacial score (nSPS) is 21.6. The smallest absolute Gasteiger partial charge is 0.265 e. The summed E-state index contributed by atoms with van der Waals surface area (Å²) in [4.78, 5) is 20.4. The Labute approximate surface area is 81.4 Å². The molecule has 0 aromatic carbocycles. The number of hydrogen-bond donors (Lipinski definition) is 1. The molecule has 1 fully saturated rings. The average Bonchev–Trinajstić information content (AvgIpc) is 2.52. The van der Waals surface area contributed by atoms with E-state index in [1.165, 1.54) is 5.06 Å². The highest BCUT2D eigenvalue weighted by Gasteiger charge is 2.29. The van der Waals surface area contributed by atoms with Crippen molar-refractivity contribution in [2.45, 2.75) is 12.6 Å². The van der Waals surface area contributed by atoms with Gasteiger partial charge in [-0.3, -0.25) is 14.6 Å². The number of nitrogens with two attached hydrogens (primary N) is 1. The minimum absolute atomic E-state index is 0.172. The molecule has 5 nitrogen and oxygen atoms in total. The van der Waals surface area contributed by atoms with Crippen molar-refractivity contribution in [2.24, 2.45) is 5.73 Å². The number of amides is 1. The van der Waals surface area contributed by atoms with Gasteiger partial charge in [-0.2, -0.15) is 0 Å². The first-order chi connectivity index (χ1) is 6.77. The van der Waals surface area contributed by atoms with Gasteiger partial charge >= 0.3 is 0 Å². The Morgan fingerprint density at radius 1 is 1.71 bits per heavy atom. The zero-order valence-corrected chi connectivity index (χ0v) is 7.59. The Balaban J connectivity index is 2.02. The second kappa shape index (κ2) is 3.73. The number of carbonyl (C=O) groups excluding carboxylic acids is 1. The van der Waals surface area contributed by atoms with Crippen LogP contribution in [-0.2, 0) is 16.2 Å². The van der Waals surface area contributed by atoms with Crippen molar-refractivity contribution in [2.75, 3.05) is 6.61 Å². The van der Waals surface area contributed by atoms with E-state index >= 15 is 0 Å². The van der Waals surface area contributed by atoms with Crippen LogP contribution in [0.25, 0.3) is 0 Å². The van der Waals surface area contributed by atoms with Gasteiger partial charge in [-0.1, -0.05) is 6.07 Å². The number of pyridine rings is 1. The van der Waals surface area contributed by atoms with Crippen LogP contribution in [0.3, 0.4) is 0 Å². The van der Waals surface area contributed by atoms with E-state index in [1.54, 1.807) is 12.4 Å². The van der Waals surface area contributed by atoms with Crippen LogP contribution in [0.1, 0.15) is 5.56 Å². The monoisotopic (exact) mass is 193 g/mol. The van der Waals surface area contributed by atoms with Crippen LogP contribution in [0.2, 0.25) is 0 Å². The van der Waals surface area contributed by atoms with Gasteiger partial charge in [-0.15, -0.1) is 0 Å². The lowest BCUT2D eigenvalue weighted by Gasteiger charge is -2.13. The molecule has 0 bridgehead atoms. The SMILES string of the molecule is N[C@@H]1CON(Cc2cccnc2)C1=O. The second-order valence-electron chi connectivity index (χ2n) is 3.14. The molecule has 1 aliphatic heterocycles. The van der Waals surface area contributed by atoms with E-state index in [9.17, 15) is 4.79 Å². The first-order valence-electron chi connectivity index (χ1n) is 4.36. The lowest BCUT2D eigenvalue weighted by atomic mass is 10.2. The molecular formula is C9H11N3O2. The molecule has 1 saturated heterocycles. The molecule has 2 heterocycles. The van der Waals surface area contributed by atoms with Gasteiger partial charge in [0.25, 0.3) is 5.91 Å². The predicted molar refractivity (Wildman–Crippen MR) is 48.7 cm³/mol. The fraction of sp³-hybridized carbons (Fsp3) is 0.333. The summed E-state index contributed by atoms with van der Waals surface area (Å²) in [6.07, 6.45) is 3.38. The number of rotatable bonds is 2. The summed E-state index contributed by atoms with van der Waals surface area (Å²) in [5, 5.41) is 1.28. The lowest BCUT2D eigenvalue weighted by Crippen LogP contribution is -2.34. The molecule has 2 rings (SSSR count). The standard InChI is InChI=1S/C9H11N3O2/c10-8-6-14-12(9(8)13)5-7-2-1-3-11-4-7/h1-4,8H,5-6,10H2/t8-/m1/s1. The molecule has 14 heavy (non-hydrogen) atoms. The first kappa shape index (κ1) is 9.11.